The Hall–Kier alpha value is -10.5. The highest BCUT2D eigenvalue weighted by Crippen LogP contribution is 2.46. The zero-order valence-electron chi connectivity index (χ0n) is 49.6. The molecule has 18 rings (SSSR count). The Morgan fingerprint density at radius 2 is 1.07 bits per heavy atom. The van der Waals surface area contributed by atoms with E-state index in [-0.39, 0.29) is 11.8 Å². The first kappa shape index (κ1) is 51.7. The molecular weight excluding hydrogens is 1100 g/mol. The average molecular weight is 1160 g/mol. The summed E-state index contributed by atoms with van der Waals surface area (Å²) in [6, 6.07) is 86.7. The maximum Gasteiger partial charge on any atom is 0.136 e. The highest BCUT2D eigenvalue weighted by Gasteiger charge is 2.28. The molecule has 5 nitrogen and oxygen atoms in total. The minimum Gasteiger partial charge on any atom is -0.456 e. The number of hydrogen-bond donors (Lipinski definition) is 0. The lowest BCUT2D eigenvalue weighted by Gasteiger charge is -2.27. The van der Waals surface area contributed by atoms with Gasteiger partial charge < -0.3 is 18.0 Å². The van der Waals surface area contributed by atoms with Crippen LogP contribution < -0.4 is 10.6 Å². The van der Waals surface area contributed by atoms with Gasteiger partial charge in [-0.1, -0.05) is 159 Å². The van der Waals surface area contributed by atoms with Gasteiger partial charge in [0.2, 0.25) is 0 Å². The Bertz CT molecular complexity index is 5880. The molecule has 0 fully saturated rings. The highest BCUT2D eigenvalue weighted by molar-refractivity contribution is 7.25. The molecule has 0 bridgehead atoms. The molecule has 1 aliphatic carbocycles. The van der Waals surface area contributed by atoms with E-state index in [0.29, 0.717) is 0 Å². The smallest absolute Gasteiger partial charge is 0.136 e. The summed E-state index contributed by atoms with van der Waals surface area (Å²) in [7, 11) is 0. The molecule has 1 aliphatic heterocycles. The lowest BCUT2D eigenvalue weighted by atomic mass is 9.80. The molecule has 0 radical (unpaired) electrons. The number of aromatic nitrogens is 2. The second-order valence-corrected chi connectivity index (χ2v) is 25.4. The van der Waals surface area contributed by atoms with Crippen molar-refractivity contribution in [3.63, 3.8) is 0 Å². The van der Waals surface area contributed by atoms with E-state index in [9.17, 15) is 0 Å². The maximum atomic E-state index is 6.83. The number of nitrogens with zero attached hydrogens (tertiary/aromatic N) is 3. The van der Waals surface area contributed by atoms with Crippen LogP contribution in [0.3, 0.4) is 0 Å². The third kappa shape index (κ3) is 8.16. The molecular formula is C83H59N3O2S. The van der Waals surface area contributed by atoms with Crippen LogP contribution in [-0.4, -0.2) is 14.8 Å². The van der Waals surface area contributed by atoms with E-state index in [1.807, 2.05) is 11.3 Å². The number of aliphatic imine (C=N–C) groups is 1. The van der Waals surface area contributed by atoms with E-state index in [1.165, 1.54) is 103 Å². The summed E-state index contributed by atoms with van der Waals surface area (Å²) >= 11 is 1.86. The fourth-order valence-electron chi connectivity index (χ4n) is 14.9. The fraction of sp³-hybridized carbons (Fsp3) is 0.0964. The lowest BCUT2D eigenvalue weighted by molar-refractivity contribution is 0.668. The molecule has 5 aromatic heterocycles. The van der Waals surface area contributed by atoms with Crippen LogP contribution in [0.15, 0.2) is 262 Å². The predicted molar refractivity (Wildman–Crippen MR) is 376 cm³/mol. The van der Waals surface area contributed by atoms with Gasteiger partial charge >= 0.3 is 0 Å². The molecule has 2 atom stereocenters. The predicted octanol–water partition coefficient (Wildman–Crippen LogP) is 21.6. The van der Waals surface area contributed by atoms with Crippen LogP contribution >= 0.6 is 11.3 Å². The second-order valence-electron chi connectivity index (χ2n) is 24.3. The Balaban J connectivity index is 0.735. The molecule has 0 N–H and O–H groups in total. The standard InChI is InChI=1S/C83H59N3O2S/c1-4-51-42-65(49(2)50(3)82(52-18-7-5-8-19-52)84-83(51)57-30-36-63-67-48-59(35-39-75(67)88-78(63)47-57)86-71-26-14-11-22-60(71)61-23-12-15-27-72(61)86)64-25-17-29-77-81(64)70-46-54(32-38-76(70)87-77)56-34-41-80-69(45-56)68-44-55(33-40-79(68)89-80)53-31-37-74-66(43-53)62-24-13-16-28-73(62)85(74)58-20-9-6-10-21-58/h5-11,13-14,16-49,51H,4,12,15H2,1-3H3/b65-42+,82-50-,84-83+. The van der Waals surface area contributed by atoms with Crippen molar-refractivity contribution >= 4 is 137 Å². The van der Waals surface area contributed by atoms with Gasteiger partial charge in [-0.05, 0) is 174 Å². The summed E-state index contributed by atoms with van der Waals surface area (Å²) in [4.78, 5) is 5.78. The van der Waals surface area contributed by atoms with Crippen molar-refractivity contribution in [2.24, 2.45) is 16.8 Å². The van der Waals surface area contributed by atoms with Crippen LogP contribution in [0.5, 0.6) is 0 Å². The SMILES string of the molecule is CCC1/C=C(/c2cccc3oc4ccc(-c5ccc6sc7ccc(-c8ccc9c(c8)c8ccccc8n9-c8ccccc8)cc7c6c5)cc4c23)C(C)/C(C)=C(c2ccccc2)\N=C/1c1ccc2c(c1)oc1ccc(-n3c4c(c5ccccc53)=CCCC=4)cc12. The summed E-state index contributed by atoms with van der Waals surface area (Å²) in [5.74, 6) is 0.0136. The number of allylic oxidation sites excluding steroid dienone is 3. The molecule has 6 heteroatoms. The summed E-state index contributed by atoms with van der Waals surface area (Å²) in [5.41, 5.74) is 22.0. The number of benzene rings is 11. The normalized spacial score (nSPS) is 17.6. The van der Waals surface area contributed by atoms with Gasteiger partial charge in [0.05, 0.1) is 28.0 Å². The number of para-hydroxylation sites is 3. The summed E-state index contributed by atoms with van der Waals surface area (Å²) < 4.78 is 21.0. The van der Waals surface area contributed by atoms with E-state index < -0.39 is 0 Å². The van der Waals surface area contributed by atoms with Crippen molar-refractivity contribution < 1.29 is 8.83 Å². The minimum atomic E-state index is -0.0185. The summed E-state index contributed by atoms with van der Waals surface area (Å²) in [5, 5.41) is 13.4. The van der Waals surface area contributed by atoms with Gasteiger partial charge in [-0.25, -0.2) is 0 Å². The van der Waals surface area contributed by atoms with Crippen LogP contribution in [0, 0.1) is 11.8 Å². The molecule has 0 spiro atoms. The van der Waals surface area contributed by atoms with Crippen molar-refractivity contribution in [1.82, 2.24) is 9.13 Å². The Morgan fingerprint density at radius 1 is 0.449 bits per heavy atom. The lowest BCUT2D eigenvalue weighted by Crippen LogP contribution is -2.30. The van der Waals surface area contributed by atoms with Gasteiger partial charge in [0, 0.05) is 103 Å². The monoisotopic (exact) mass is 1160 g/mol. The van der Waals surface area contributed by atoms with Crippen LogP contribution in [0.1, 0.15) is 56.7 Å². The Morgan fingerprint density at radius 3 is 1.84 bits per heavy atom. The zero-order chi connectivity index (χ0) is 59.0. The molecule has 0 saturated heterocycles. The second kappa shape index (κ2) is 20.3. The van der Waals surface area contributed by atoms with Crippen molar-refractivity contribution in [3.05, 3.63) is 275 Å². The Kier molecular flexibility index (Phi) is 11.8. The third-order valence-electron chi connectivity index (χ3n) is 19.4. The number of rotatable bonds is 8. The van der Waals surface area contributed by atoms with Crippen LogP contribution in [0.25, 0.3) is 154 Å². The van der Waals surface area contributed by atoms with Crippen molar-refractivity contribution in [2.75, 3.05) is 0 Å². The van der Waals surface area contributed by atoms with E-state index in [0.717, 1.165) is 96.9 Å². The van der Waals surface area contributed by atoms with E-state index in [2.05, 4.69) is 285 Å². The molecule has 2 unspecified atom stereocenters. The number of hydrogen-bond acceptors (Lipinski definition) is 4. The first-order valence-electron chi connectivity index (χ1n) is 31.2. The van der Waals surface area contributed by atoms with Gasteiger partial charge in [0.25, 0.3) is 0 Å². The van der Waals surface area contributed by atoms with Gasteiger partial charge in [-0.2, -0.15) is 0 Å². The molecule has 0 amide bonds. The van der Waals surface area contributed by atoms with Crippen LogP contribution in [0.2, 0.25) is 0 Å². The van der Waals surface area contributed by atoms with E-state index >= 15 is 0 Å². The highest BCUT2D eigenvalue weighted by atomic mass is 32.1. The third-order valence-corrected chi connectivity index (χ3v) is 20.5. The molecule has 11 aromatic carbocycles. The van der Waals surface area contributed by atoms with E-state index in [1.54, 1.807) is 0 Å². The van der Waals surface area contributed by atoms with E-state index in [4.69, 9.17) is 13.8 Å². The molecule has 0 saturated carbocycles. The number of furan rings is 2. The number of thiophene rings is 1. The van der Waals surface area contributed by atoms with Crippen LogP contribution in [-0.2, 0) is 0 Å². The molecule has 6 heterocycles. The Labute approximate surface area is 518 Å². The minimum absolute atomic E-state index is 0.0185. The molecule has 2 aliphatic rings. The fourth-order valence-corrected chi connectivity index (χ4v) is 15.9. The quantitative estimate of drug-likeness (QED) is 0.152. The zero-order valence-corrected chi connectivity index (χ0v) is 50.4. The molecule has 16 aromatic rings. The number of fused-ring (bicyclic) bond motifs is 15. The van der Waals surface area contributed by atoms with Gasteiger partial charge in [-0.15, -0.1) is 11.3 Å². The summed E-state index contributed by atoms with van der Waals surface area (Å²) in [6.07, 6.45) is 10.3. The van der Waals surface area contributed by atoms with Gasteiger partial charge in [-0.3, -0.25) is 4.99 Å². The first-order chi connectivity index (χ1) is 43.9. The van der Waals surface area contributed by atoms with Crippen LogP contribution in [0.4, 0.5) is 0 Å². The molecule has 89 heavy (non-hydrogen) atoms. The first-order valence-corrected chi connectivity index (χ1v) is 32.1. The van der Waals surface area contributed by atoms with Gasteiger partial charge in [0.1, 0.15) is 22.3 Å². The van der Waals surface area contributed by atoms with Crippen molar-refractivity contribution in [3.8, 4) is 33.6 Å². The topological polar surface area (TPSA) is 48.5 Å². The summed E-state index contributed by atoms with van der Waals surface area (Å²) in [6.45, 7) is 6.92. The van der Waals surface area contributed by atoms with Crippen molar-refractivity contribution in [2.45, 2.75) is 40.0 Å². The van der Waals surface area contributed by atoms with Crippen molar-refractivity contribution in [1.29, 1.82) is 0 Å². The maximum absolute atomic E-state index is 6.83. The molecule has 424 valence electrons. The average Bonchev–Trinajstić information content (AvgIpc) is 2.41. The van der Waals surface area contributed by atoms with Gasteiger partial charge in [0.15, 0.2) is 0 Å². The largest absolute Gasteiger partial charge is 0.456 e.